The van der Waals surface area contributed by atoms with E-state index in [4.69, 9.17) is 4.74 Å². The van der Waals surface area contributed by atoms with Gasteiger partial charge in [0.1, 0.15) is 5.69 Å². The first-order valence-corrected chi connectivity index (χ1v) is 9.95. The zero-order valence-electron chi connectivity index (χ0n) is 17.3. The number of anilines is 1. The Labute approximate surface area is 174 Å². The van der Waals surface area contributed by atoms with E-state index in [-0.39, 0.29) is 18.4 Å². The summed E-state index contributed by atoms with van der Waals surface area (Å²) in [5, 5.41) is 7.12. The van der Waals surface area contributed by atoms with E-state index >= 15 is 0 Å². The molecule has 9 heteroatoms. The molecule has 0 radical (unpaired) electrons. The molecule has 3 aromatic rings. The number of benzene rings is 1. The Morgan fingerprint density at radius 3 is 2.67 bits per heavy atom. The molecule has 2 aromatic heterocycles. The van der Waals surface area contributed by atoms with Gasteiger partial charge < -0.3 is 15.0 Å². The van der Waals surface area contributed by atoms with Crippen molar-refractivity contribution in [3.63, 3.8) is 0 Å². The fraction of sp³-hybridized carbons (Fsp3) is 0.381. The molecular formula is C21H24N6O3. The van der Waals surface area contributed by atoms with Crippen LogP contribution in [-0.4, -0.2) is 62.3 Å². The van der Waals surface area contributed by atoms with Gasteiger partial charge in [0.25, 0.3) is 11.8 Å². The summed E-state index contributed by atoms with van der Waals surface area (Å²) in [5.41, 5.74) is 4.19. The summed E-state index contributed by atoms with van der Waals surface area (Å²) < 4.78 is 7.32. The molecule has 0 aliphatic carbocycles. The van der Waals surface area contributed by atoms with Gasteiger partial charge in [-0.15, -0.1) is 0 Å². The number of aromatic nitrogens is 4. The van der Waals surface area contributed by atoms with Crippen molar-refractivity contribution in [3.05, 3.63) is 47.5 Å². The average molecular weight is 408 g/mol. The fourth-order valence-corrected chi connectivity index (χ4v) is 3.34. The fourth-order valence-electron chi connectivity index (χ4n) is 3.34. The van der Waals surface area contributed by atoms with Gasteiger partial charge in [0.2, 0.25) is 0 Å². The largest absolute Gasteiger partial charge is 0.365 e. The highest BCUT2D eigenvalue weighted by atomic mass is 16.5. The number of amides is 2. The smallest absolute Gasteiger partial charge is 0.274 e. The lowest BCUT2D eigenvalue weighted by Gasteiger charge is -2.31. The van der Waals surface area contributed by atoms with Crippen molar-refractivity contribution in [1.29, 1.82) is 0 Å². The Bertz CT molecular complexity index is 1110. The number of hydrogen-bond donors (Lipinski definition) is 1. The molecular weight excluding hydrogens is 384 g/mol. The van der Waals surface area contributed by atoms with E-state index < -0.39 is 6.10 Å². The van der Waals surface area contributed by atoms with Crippen LogP contribution < -0.4 is 5.32 Å². The van der Waals surface area contributed by atoms with Crippen LogP contribution in [0, 0.1) is 13.8 Å². The normalized spacial score (nSPS) is 16.6. The van der Waals surface area contributed by atoms with Crippen LogP contribution in [0.1, 0.15) is 28.8 Å². The Kier molecular flexibility index (Phi) is 5.45. The molecule has 1 N–H and O–H groups in total. The summed E-state index contributed by atoms with van der Waals surface area (Å²) in [6.45, 7) is 7.35. The minimum absolute atomic E-state index is 0.176. The molecule has 1 unspecified atom stereocenters. The van der Waals surface area contributed by atoms with Crippen LogP contribution >= 0.6 is 0 Å². The van der Waals surface area contributed by atoms with Crippen LogP contribution in [0.5, 0.6) is 0 Å². The summed E-state index contributed by atoms with van der Waals surface area (Å²) in [6, 6.07) is 7.09. The molecule has 1 atom stereocenters. The number of nitrogens with one attached hydrogen (secondary N) is 1. The second-order valence-electron chi connectivity index (χ2n) is 7.25. The topological polar surface area (TPSA) is 102 Å². The van der Waals surface area contributed by atoms with Crippen molar-refractivity contribution in [2.45, 2.75) is 33.4 Å². The van der Waals surface area contributed by atoms with Gasteiger partial charge in [-0.1, -0.05) is 0 Å². The molecule has 30 heavy (non-hydrogen) atoms. The molecule has 1 aromatic carbocycles. The number of carbonyl (C=O) groups is 2. The second kappa shape index (κ2) is 8.19. The highest BCUT2D eigenvalue weighted by molar-refractivity contribution is 5.97. The summed E-state index contributed by atoms with van der Waals surface area (Å²) in [7, 11) is 0. The first kappa shape index (κ1) is 20.0. The molecule has 3 heterocycles. The van der Waals surface area contributed by atoms with Gasteiger partial charge in [0, 0.05) is 25.0 Å². The van der Waals surface area contributed by atoms with Gasteiger partial charge in [0.05, 0.1) is 35.6 Å². The average Bonchev–Trinajstić information content (AvgIpc) is 3.23. The van der Waals surface area contributed by atoms with Gasteiger partial charge in [-0.05, 0) is 45.0 Å². The van der Waals surface area contributed by atoms with Gasteiger partial charge in [-0.3, -0.25) is 14.3 Å². The molecule has 156 valence electrons. The van der Waals surface area contributed by atoms with Gasteiger partial charge >= 0.3 is 0 Å². The van der Waals surface area contributed by atoms with Crippen LogP contribution in [0.15, 0.2) is 30.5 Å². The van der Waals surface area contributed by atoms with E-state index in [2.05, 4.69) is 20.4 Å². The van der Waals surface area contributed by atoms with E-state index in [1.807, 2.05) is 26.8 Å². The van der Waals surface area contributed by atoms with Crippen LogP contribution in [0.3, 0.4) is 0 Å². The van der Waals surface area contributed by atoms with Crippen LogP contribution in [0.4, 0.5) is 5.69 Å². The summed E-state index contributed by atoms with van der Waals surface area (Å²) in [4.78, 5) is 36.1. The van der Waals surface area contributed by atoms with Crippen molar-refractivity contribution < 1.29 is 14.3 Å². The number of nitrogens with zero attached hydrogens (tertiary/aromatic N) is 5. The van der Waals surface area contributed by atoms with E-state index in [9.17, 15) is 9.59 Å². The zero-order chi connectivity index (χ0) is 21.3. The summed E-state index contributed by atoms with van der Waals surface area (Å²) in [6.07, 6.45) is 1.02. The summed E-state index contributed by atoms with van der Waals surface area (Å²) >= 11 is 0. The minimum atomic E-state index is -0.752. The predicted octanol–water partition coefficient (Wildman–Crippen LogP) is 1.94. The highest BCUT2D eigenvalue weighted by Crippen LogP contribution is 2.19. The molecule has 0 spiro atoms. The van der Waals surface area contributed by atoms with Gasteiger partial charge in [0.15, 0.2) is 6.10 Å². The number of hydrogen-bond acceptors (Lipinski definition) is 6. The van der Waals surface area contributed by atoms with Crippen molar-refractivity contribution >= 4 is 28.5 Å². The standard InChI is InChI=1S/C21H24N6O3/c1-4-27-8-7-17(25-27)21(29)26-9-10-30-19(12-26)20(28)24-15-5-6-16-18(11-15)23-14(3)13(2)22-16/h5-8,11,19H,4,9-10,12H2,1-3H3,(H,24,28). The van der Waals surface area contributed by atoms with E-state index in [1.165, 1.54) is 0 Å². The summed E-state index contributed by atoms with van der Waals surface area (Å²) in [5.74, 6) is -0.502. The maximum Gasteiger partial charge on any atom is 0.274 e. The quantitative estimate of drug-likeness (QED) is 0.708. The van der Waals surface area contributed by atoms with Crippen molar-refractivity contribution in [2.24, 2.45) is 0 Å². The maximum absolute atomic E-state index is 12.7. The van der Waals surface area contributed by atoms with Crippen molar-refractivity contribution in [1.82, 2.24) is 24.6 Å². The highest BCUT2D eigenvalue weighted by Gasteiger charge is 2.30. The first-order valence-electron chi connectivity index (χ1n) is 9.95. The Morgan fingerprint density at radius 1 is 1.17 bits per heavy atom. The number of aryl methyl sites for hydroxylation is 3. The second-order valence-corrected chi connectivity index (χ2v) is 7.25. The number of rotatable bonds is 4. The van der Waals surface area contributed by atoms with E-state index in [0.717, 1.165) is 16.9 Å². The first-order chi connectivity index (χ1) is 14.4. The molecule has 1 fully saturated rings. The Balaban J connectivity index is 1.44. The molecule has 0 bridgehead atoms. The molecule has 2 amide bonds. The zero-order valence-corrected chi connectivity index (χ0v) is 17.3. The van der Waals surface area contributed by atoms with Crippen LogP contribution in [0.25, 0.3) is 11.0 Å². The molecule has 1 aliphatic rings. The van der Waals surface area contributed by atoms with Crippen molar-refractivity contribution in [3.8, 4) is 0 Å². The van der Waals surface area contributed by atoms with Crippen LogP contribution in [-0.2, 0) is 16.1 Å². The van der Waals surface area contributed by atoms with Crippen LogP contribution in [0.2, 0.25) is 0 Å². The lowest BCUT2D eigenvalue weighted by Crippen LogP contribution is -2.50. The SMILES string of the molecule is CCn1ccc(C(=O)N2CCOC(C(=O)Nc3ccc4nc(C)c(C)nc4c3)C2)n1. The van der Waals surface area contributed by atoms with E-state index in [0.29, 0.717) is 36.6 Å². The lowest BCUT2D eigenvalue weighted by atomic mass is 10.2. The minimum Gasteiger partial charge on any atom is -0.365 e. The van der Waals surface area contributed by atoms with Crippen molar-refractivity contribution in [2.75, 3.05) is 25.0 Å². The number of carbonyl (C=O) groups excluding carboxylic acids is 2. The number of ether oxygens (including phenoxy) is 1. The third-order valence-corrected chi connectivity index (χ3v) is 5.17. The number of fused-ring (bicyclic) bond motifs is 1. The van der Waals surface area contributed by atoms with Gasteiger partial charge in [-0.2, -0.15) is 5.10 Å². The maximum atomic E-state index is 12.7. The third-order valence-electron chi connectivity index (χ3n) is 5.17. The molecule has 9 nitrogen and oxygen atoms in total. The Morgan fingerprint density at radius 2 is 1.93 bits per heavy atom. The predicted molar refractivity (Wildman–Crippen MR) is 111 cm³/mol. The lowest BCUT2D eigenvalue weighted by molar-refractivity contribution is -0.131. The molecule has 4 rings (SSSR count). The third kappa shape index (κ3) is 4.02. The number of morpholine rings is 1. The molecule has 0 saturated carbocycles. The Hall–Kier alpha value is -3.33. The van der Waals surface area contributed by atoms with E-state index in [1.54, 1.807) is 34.0 Å². The molecule has 1 aliphatic heterocycles. The monoisotopic (exact) mass is 408 g/mol. The van der Waals surface area contributed by atoms with Gasteiger partial charge in [-0.25, -0.2) is 9.97 Å². The molecule has 1 saturated heterocycles.